The van der Waals surface area contributed by atoms with Crippen LogP contribution in [0.5, 0.6) is 5.75 Å². The number of esters is 1. The number of benzene rings is 1. The highest BCUT2D eigenvalue weighted by Gasteiger charge is 2.31. The molecule has 2 N–H and O–H groups in total. The Bertz CT molecular complexity index is 399. The second-order valence-electron chi connectivity index (χ2n) is 4.07. The Morgan fingerprint density at radius 3 is 2.38 bits per heavy atom. The van der Waals surface area contributed by atoms with Crippen LogP contribution in [-0.2, 0) is 14.9 Å². The quantitative estimate of drug-likeness (QED) is 0.626. The third-order valence-corrected chi connectivity index (χ3v) is 2.65. The van der Waals surface area contributed by atoms with E-state index in [9.17, 15) is 4.79 Å². The summed E-state index contributed by atoms with van der Waals surface area (Å²) in [7, 11) is 2.92. The first-order valence-corrected chi connectivity index (χ1v) is 4.96. The summed E-state index contributed by atoms with van der Waals surface area (Å²) in [4.78, 5) is 11.6. The smallest absolute Gasteiger partial charge is 0.315 e. The highest BCUT2D eigenvalue weighted by Crippen LogP contribution is 2.30. The normalized spacial score (nSPS) is 11.0. The highest BCUT2D eigenvalue weighted by atomic mass is 16.5. The lowest BCUT2D eigenvalue weighted by Gasteiger charge is -2.22. The van der Waals surface area contributed by atoms with E-state index < -0.39 is 5.41 Å². The monoisotopic (exact) mass is 223 g/mol. The molecule has 0 amide bonds. The summed E-state index contributed by atoms with van der Waals surface area (Å²) >= 11 is 0. The molecule has 16 heavy (non-hydrogen) atoms. The summed E-state index contributed by atoms with van der Waals surface area (Å²) < 4.78 is 9.81. The van der Waals surface area contributed by atoms with Crippen LogP contribution in [0.1, 0.15) is 19.4 Å². The molecule has 0 atom stereocenters. The minimum atomic E-state index is -0.713. The zero-order valence-electron chi connectivity index (χ0n) is 10.0. The van der Waals surface area contributed by atoms with Gasteiger partial charge in [0.25, 0.3) is 0 Å². The van der Waals surface area contributed by atoms with Crippen LogP contribution in [0.3, 0.4) is 0 Å². The molecule has 0 heterocycles. The zero-order valence-corrected chi connectivity index (χ0v) is 10.0. The lowest BCUT2D eigenvalue weighted by Crippen LogP contribution is -2.30. The highest BCUT2D eigenvalue weighted by molar-refractivity contribution is 5.82. The maximum absolute atomic E-state index is 11.6. The van der Waals surface area contributed by atoms with Gasteiger partial charge in [-0.1, -0.05) is 6.07 Å². The molecule has 0 bridgehead atoms. The molecule has 4 heteroatoms. The van der Waals surface area contributed by atoms with Crippen LogP contribution in [0, 0.1) is 0 Å². The summed E-state index contributed by atoms with van der Waals surface area (Å²) in [6.07, 6.45) is 0. The van der Waals surface area contributed by atoms with Crippen molar-refractivity contribution in [3.05, 3.63) is 23.8 Å². The number of rotatable bonds is 3. The molecule has 0 unspecified atom stereocenters. The van der Waals surface area contributed by atoms with Gasteiger partial charge in [0, 0.05) is 0 Å². The number of nitrogen functional groups attached to an aromatic ring is 1. The van der Waals surface area contributed by atoms with Crippen molar-refractivity contribution in [1.29, 1.82) is 0 Å². The minimum Gasteiger partial charge on any atom is -0.495 e. The van der Waals surface area contributed by atoms with Crippen LogP contribution in [0.15, 0.2) is 18.2 Å². The van der Waals surface area contributed by atoms with Gasteiger partial charge in [-0.2, -0.15) is 0 Å². The summed E-state index contributed by atoms with van der Waals surface area (Å²) in [5.41, 5.74) is 6.39. The SMILES string of the molecule is COC(=O)C(C)(C)c1ccc(OC)c(N)c1. The molecule has 0 aliphatic rings. The Morgan fingerprint density at radius 2 is 1.94 bits per heavy atom. The Hall–Kier alpha value is -1.71. The predicted molar refractivity (Wildman–Crippen MR) is 62.4 cm³/mol. The fraction of sp³-hybridized carbons (Fsp3) is 0.417. The van der Waals surface area contributed by atoms with Crippen LogP contribution < -0.4 is 10.5 Å². The summed E-state index contributed by atoms with van der Waals surface area (Å²) in [6.45, 7) is 3.58. The molecule has 0 spiro atoms. The minimum absolute atomic E-state index is 0.294. The van der Waals surface area contributed by atoms with Crippen molar-refractivity contribution in [1.82, 2.24) is 0 Å². The Balaban J connectivity index is 3.14. The standard InChI is InChI=1S/C12H17NO3/c1-12(2,11(14)16-4)8-5-6-10(15-3)9(13)7-8/h5-7H,13H2,1-4H3. The average Bonchev–Trinajstić information content (AvgIpc) is 2.27. The summed E-state index contributed by atoms with van der Waals surface area (Å²) in [6, 6.07) is 5.29. The van der Waals surface area contributed by atoms with Gasteiger partial charge in [0.05, 0.1) is 25.3 Å². The Morgan fingerprint density at radius 1 is 1.31 bits per heavy atom. The van der Waals surface area contributed by atoms with Crippen molar-refractivity contribution in [2.24, 2.45) is 0 Å². The van der Waals surface area contributed by atoms with Gasteiger partial charge in [0.1, 0.15) is 5.75 Å². The number of ether oxygens (including phenoxy) is 2. The van der Waals surface area contributed by atoms with E-state index in [1.54, 1.807) is 33.1 Å². The molecule has 1 rings (SSSR count). The van der Waals surface area contributed by atoms with Crippen LogP contribution in [0.4, 0.5) is 5.69 Å². The van der Waals surface area contributed by atoms with Crippen LogP contribution in [0.25, 0.3) is 0 Å². The molecule has 0 fully saturated rings. The van der Waals surface area contributed by atoms with E-state index >= 15 is 0 Å². The van der Waals surface area contributed by atoms with Crippen LogP contribution in [-0.4, -0.2) is 20.2 Å². The molecule has 0 saturated heterocycles. The molecule has 1 aromatic rings. The zero-order chi connectivity index (χ0) is 12.3. The molecule has 1 aromatic carbocycles. The average molecular weight is 223 g/mol. The Labute approximate surface area is 95.3 Å². The Kier molecular flexibility index (Phi) is 3.42. The van der Waals surface area contributed by atoms with Gasteiger partial charge in [-0.05, 0) is 31.5 Å². The molecule has 0 aliphatic heterocycles. The molecule has 0 radical (unpaired) electrons. The number of carbonyl (C=O) groups excluding carboxylic acids is 1. The molecule has 4 nitrogen and oxygen atoms in total. The number of carbonyl (C=O) groups is 1. The van der Waals surface area contributed by atoms with Gasteiger partial charge in [-0.3, -0.25) is 4.79 Å². The number of hydrogen-bond donors (Lipinski definition) is 1. The van der Waals surface area contributed by atoms with E-state index in [0.29, 0.717) is 11.4 Å². The molecular weight excluding hydrogens is 206 g/mol. The maximum atomic E-state index is 11.6. The fourth-order valence-electron chi connectivity index (χ4n) is 1.50. The third-order valence-electron chi connectivity index (χ3n) is 2.65. The largest absolute Gasteiger partial charge is 0.495 e. The van der Waals surface area contributed by atoms with E-state index in [0.717, 1.165) is 5.56 Å². The molecule has 0 saturated carbocycles. The molecule has 0 aliphatic carbocycles. The lowest BCUT2D eigenvalue weighted by atomic mass is 9.84. The van der Waals surface area contributed by atoms with Gasteiger partial charge >= 0.3 is 5.97 Å². The molecule has 0 aromatic heterocycles. The van der Waals surface area contributed by atoms with Crippen molar-refractivity contribution in [3.63, 3.8) is 0 Å². The molecule has 88 valence electrons. The van der Waals surface area contributed by atoms with E-state index in [1.165, 1.54) is 7.11 Å². The van der Waals surface area contributed by atoms with Crippen molar-refractivity contribution in [2.75, 3.05) is 20.0 Å². The summed E-state index contributed by atoms with van der Waals surface area (Å²) in [5.74, 6) is 0.307. The second-order valence-corrected chi connectivity index (χ2v) is 4.07. The van der Waals surface area contributed by atoms with Crippen molar-refractivity contribution in [2.45, 2.75) is 19.3 Å². The fourth-order valence-corrected chi connectivity index (χ4v) is 1.50. The van der Waals surface area contributed by atoms with Gasteiger partial charge in [0.2, 0.25) is 0 Å². The number of anilines is 1. The first-order valence-electron chi connectivity index (χ1n) is 4.96. The van der Waals surface area contributed by atoms with Gasteiger partial charge in [-0.15, -0.1) is 0 Å². The van der Waals surface area contributed by atoms with Crippen molar-refractivity contribution in [3.8, 4) is 5.75 Å². The van der Waals surface area contributed by atoms with E-state index in [4.69, 9.17) is 15.2 Å². The van der Waals surface area contributed by atoms with Gasteiger partial charge in [0.15, 0.2) is 0 Å². The summed E-state index contributed by atoms with van der Waals surface area (Å²) in [5, 5.41) is 0. The number of methoxy groups -OCH3 is 2. The number of hydrogen-bond acceptors (Lipinski definition) is 4. The predicted octanol–water partition coefficient (Wildman–Crippen LogP) is 1.73. The number of nitrogens with two attached hydrogens (primary N) is 1. The molecular formula is C12H17NO3. The van der Waals surface area contributed by atoms with E-state index in [1.807, 2.05) is 6.07 Å². The van der Waals surface area contributed by atoms with Crippen molar-refractivity contribution < 1.29 is 14.3 Å². The van der Waals surface area contributed by atoms with Gasteiger partial charge < -0.3 is 15.2 Å². The topological polar surface area (TPSA) is 61.5 Å². The van der Waals surface area contributed by atoms with Crippen LogP contribution >= 0.6 is 0 Å². The third kappa shape index (κ3) is 2.10. The van der Waals surface area contributed by atoms with Crippen LogP contribution in [0.2, 0.25) is 0 Å². The van der Waals surface area contributed by atoms with Crippen molar-refractivity contribution >= 4 is 11.7 Å². The maximum Gasteiger partial charge on any atom is 0.315 e. The lowest BCUT2D eigenvalue weighted by molar-refractivity contribution is -0.146. The van der Waals surface area contributed by atoms with E-state index in [-0.39, 0.29) is 5.97 Å². The first kappa shape index (κ1) is 12.4. The van der Waals surface area contributed by atoms with Gasteiger partial charge in [-0.25, -0.2) is 0 Å². The van der Waals surface area contributed by atoms with E-state index in [2.05, 4.69) is 0 Å². The second kappa shape index (κ2) is 4.43. The first-order chi connectivity index (χ1) is 7.43.